The Labute approximate surface area is 190 Å². The second-order valence-electron chi connectivity index (χ2n) is 8.31. The fourth-order valence-corrected chi connectivity index (χ4v) is 6.12. The predicted octanol–water partition coefficient (Wildman–Crippen LogP) is 4.09. The van der Waals surface area contributed by atoms with Crippen LogP contribution in [0.3, 0.4) is 0 Å². The highest BCUT2D eigenvalue weighted by atomic mass is 32.2. The average Bonchev–Trinajstić information content (AvgIpc) is 3.24. The molecule has 4 aromatic carbocycles. The number of hydrogen-bond donors (Lipinski definition) is 0. The van der Waals surface area contributed by atoms with Crippen LogP contribution >= 0.6 is 0 Å². The van der Waals surface area contributed by atoms with Crippen molar-refractivity contribution in [1.82, 2.24) is 4.90 Å². The number of carbonyl (C=O) groups is 2. The van der Waals surface area contributed by atoms with Crippen LogP contribution in [0.1, 0.15) is 31.8 Å². The van der Waals surface area contributed by atoms with E-state index in [1.165, 1.54) is 0 Å². The normalized spacial score (nSPS) is 15.1. The van der Waals surface area contributed by atoms with Gasteiger partial charge in [-0.25, -0.2) is 0 Å². The first-order valence-corrected chi connectivity index (χ1v) is 12.2. The van der Waals surface area contributed by atoms with Crippen LogP contribution in [0.25, 0.3) is 21.5 Å². The lowest BCUT2D eigenvalue weighted by Gasteiger charge is -2.27. The summed E-state index contributed by atoms with van der Waals surface area (Å²) in [5.74, 6) is -0.897. The summed E-state index contributed by atoms with van der Waals surface area (Å²) in [6, 6.07) is 19.7. The van der Waals surface area contributed by atoms with E-state index in [1.807, 2.05) is 30.3 Å². The highest BCUT2D eigenvalue weighted by molar-refractivity contribution is 7.87. The molecule has 0 bridgehead atoms. The summed E-state index contributed by atoms with van der Waals surface area (Å²) in [6.45, 7) is -0.482. The van der Waals surface area contributed by atoms with Crippen LogP contribution in [0, 0.1) is 0 Å². The Balaban J connectivity index is 1.27. The van der Waals surface area contributed by atoms with Crippen molar-refractivity contribution in [2.75, 3.05) is 13.2 Å². The van der Waals surface area contributed by atoms with Gasteiger partial charge < -0.3 is 0 Å². The quantitative estimate of drug-likeness (QED) is 0.333. The molecule has 0 saturated carbocycles. The average molecular weight is 458 g/mol. The van der Waals surface area contributed by atoms with Gasteiger partial charge >= 0.3 is 0 Å². The van der Waals surface area contributed by atoms with E-state index in [-0.39, 0.29) is 18.0 Å². The number of nitrogens with zero attached hydrogens (tertiary/aromatic N) is 1. The number of benzene rings is 4. The van der Waals surface area contributed by atoms with Gasteiger partial charge in [0.15, 0.2) is 0 Å². The van der Waals surface area contributed by atoms with Crippen LogP contribution in [-0.4, -0.2) is 38.3 Å². The van der Waals surface area contributed by atoms with Gasteiger partial charge in [0.2, 0.25) is 0 Å². The van der Waals surface area contributed by atoms with E-state index in [0.29, 0.717) is 21.9 Å². The Bertz CT molecular complexity index is 1550. The van der Waals surface area contributed by atoms with Crippen molar-refractivity contribution < 1.29 is 22.2 Å². The molecule has 6 rings (SSSR count). The monoisotopic (exact) mass is 457 g/mol. The molecule has 0 fully saturated rings. The lowest BCUT2D eigenvalue weighted by atomic mass is 9.94. The van der Waals surface area contributed by atoms with Crippen molar-refractivity contribution in [3.05, 3.63) is 89.0 Å². The Morgan fingerprint density at radius 3 is 2.09 bits per heavy atom. The van der Waals surface area contributed by atoms with Crippen LogP contribution in [0.15, 0.2) is 71.6 Å². The zero-order valence-corrected chi connectivity index (χ0v) is 18.4. The molecule has 33 heavy (non-hydrogen) atoms. The van der Waals surface area contributed by atoms with E-state index in [4.69, 9.17) is 4.18 Å². The van der Waals surface area contributed by atoms with Crippen molar-refractivity contribution in [2.24, 2.45) is 0 Å². The zero-order valence-electron chi connectivity index (χ0n) is 17.6. The highest BCUT2D eigenvalue weighted by Crippen LogP contribution is 2.35. The van der Waals surface area contributed by atoms with Gasteiger partial charge in [-0.05, 0) is 52.9 Å². The maximum absolute atomic E-state index is 13.0. The molecule has 164 valence electrons. The van der Waals surface area contributed by atoms with Crippen molar-refractivity contribution >= 4 is 43.5 Å². The minimum absolute atomic E-state index is 0.108. The van der Waals surface area contributed by atoms with Gasteiger partial charge in [-0.2, -0.15) is 8.42 Å². The fraction of sp³-hybridized carbons (Fsp3) is 0.154. The summed E-state index contributed by atoms with van der Waals surface area (Å²) in [5, 5.41) is 3.08. The SMILES string of the molecule is O=C1c2cccc3cccc(c23)C(=O)N1CCOS(=O)(=O)c1ccc2c3c(cccc13)CC2. The topological polar surface area (TPSA) is 80.8 Å². The minimum Gasteiger partial charge on any atom is -0.272 e. The lowest BCUT2D eigenvalue weighted by Crippen LogP contribution is -2.42. The third-order valence-corrected chi connectivity index (χ3v) is 7.89. The molecule has 0 N–H and O–H groups in total. The van der Waals surface area contributed by atoms with E-state index >= 15 is 0 Å². The Morgan fingerprint density at radius 2 is 1.39 bits per heavy atom. The minimum atomic E-state index is -4.08. The van der Waals surface area contributed by atoms with Crippen molar-refractivity contribution in [1.29, 1.82) is 0 Å². The zero-order chi connectivity index (χ0) is 22.7. The molecule has 1 heterocycles. The second kappa shape index (κ2) is 7.23. The third kappa shape index (κ3) is 3.00. The van der Waals surface area contributed by atoms with Crippen LogP contribution in [0.5, 0.6) is 0 Å². The molecule has 0 saturated heterocycles. The predicted molar refractivity (Wildman–Crippen MR) is 124 cm³/mol. The Morgan fingerprint density at radius 1 is 0.758 bits per heavy atom. The first-order chi connectivity index (χ1) is 16.0. The molecule has 0 radical (unpaired) electrons. The maximum atomic E-state index is 13.0. The molecule has 1 aliphatic carbocycles. The molecule has 6 nitrogen and oxygen atoms in total. The lowest BCUT2D eigenvalue weighted by molar-refractivity contribution is 0.0588. The van der Waals surface area contributed by atoms with Crippen molar-refractivity contribution in [3.63, 3.8) is 0 Å². The molecule has 0 spiro atoms. The third-order valence-electron chi connectivity index (χ3n) is 6.52. The number of carbonyl (C=O) groups excluding carboxylic acids is 2. The Hall–Kier alpha value is -3.55. The summed E-state index contributed by atoms with van der Waals surface area (Å²) in [5.41, 5.74) is 3.13. The van der Waals surface area contributed by atoms with Gasteiger partial charge in [-0.1, -0.05) is 48.5 Å². The first-order valence-electron chi connectivity index (χ1n) is 10.8. The maximum Gasteiger partial charge on any atom is 0.297 e. The number of imide groups is 1. The van der Waals surface area contributed by atoms with Crippen molar-refractivity contribution in [3.8, 4) is 0 Å². The molecule has 4 aromatic rings. The van der Waals surface area contributed by atoms with E-state index in [1.54, 1.807) is 36.4 Å². The Kier molecular flexibility index (Phi) is 4.40. The summed E-state index contributed by atoms with van der Waals surface area (Å²) in [6.07, 6.45) is 1.79. The molecule has 0 atom stereocenters. The van der Waals surface area contributed by atoms with Gasteiger partial charge in [0, 0.05) is 21.9 Å². The van der Waals surface area contributed by atoms with Gasteiger partial charge in [0.1, 0.15) is 4.90 Å². The summed E-state index contributed by atoms with van der Waals surface area (Å²) in [7, 11) is -4.08. The van der Waals surface area contributed by atoms with E-state index in [2.05, 4.69) is 0 Å². The molecule has 1 aliphatic heterocycles. The second-order valence-corrected chi connectivity index (χ2v) is 9.89. The van der Waals surface area contributed by atoms with Crippen LogP contribution in [-0.2, 0) is 27.1 Å². The molecule has 2 aliphatic rings. The standard InChI is InChI=1S/C26H19NO5S/c28-25-20-8-2-4-16-5-3-9-21(24(16)20)26(29)27(25)14-15-32-33(30,31)22-13-12-18-11-10-17-6-1-7-19(22)23(17)18/h1-9,12-13H,10-11,14-15H2. The fourth-order valence-electron chi connectivity index (χ4n) is 5.02. The van der Waals surface area contributed by atoms with E-state index in [9.17, 15) is 18.0 Å². The van der Waals surface area contributed by atoms with Gasteiger partial charge in [-0.3, -0.25) is 18.7 Å². The molecule has 0 unspecified atom stereocenters. The molecular formula is C26H19NO5S. The van der Waals surface area contributed by atoms with Crippen LogP contribution < -0.4 is 0 Å². The number of amides is 2. The smallest absolute Gasteiger partial charge is 0.272 e. The number of rotatable bonds is 5. The van der Waals surface area contributed by atoms with Crippen molar-refractivity contribution in [2.45, 2.75) is 17.7 Å². The summed E-state index contributed by atoms with van der Waals surface area (Å²) < 4.78 is 31.4. The number of hydrogen-bond acceptors (Lipinski definition) is 5. The summed E-state index contributed by atoms with van der Waals surface area (Å²) >= 11 is 0. The van der Waals surface area contributed by atoms with Crippen LogP contribution in [0.2, 0.25) is 0 Å². The molecular weight excluding hydrogens is 438 g/mol. The number of aryl methyl sites for hydroxylation is 2. The molecule has 7 heteroatoms. The van der Waals surface area contributed by atoms with Gasteiger partial charge in [-0.15, -0.1) is 0 Å². The largest absolute Gasteiger partial charge is 0.297 e. The van der Waals surface area contributed by atoms with Gasteiger partial charge in [0.25, 0.3) is 21.9 Å². The molecule has 2 amide bonds. The van der Waals surface area contributed by atoms with Crippen LogP contribution in [0.4, 0.5) is 0 Å². The van der Waals surface area contributed by atoms with E-state index < -0.39 is 21.9 Å². The summed E-state index contributed by atoms with van der Waals surface area (Å²) in [4.78, 5) is 27.2. The van der Waals surface area contributed by atoms with E-state index in [0.717, 1.165) is 39.6 Å². The molecule has 0 aromatic heterocycles. The first kappa shape index (κ1) is 20.1. The highest BCUT2D eigenvalue weighted by Gasteiger charge is 2.33. The van der Waals surface area contributed by atoms with Gasteiger partial charge in [0.05, 0.1) is 13.2 Å².